The smallest absolute Gasteiger partial charge is 0.251 e. The molecule has 1 aliphatic rings. The Hall–Kier alpha value is -1.88. The lowest BCUT2D eigenvalue weighted by Crippen LogP contribution is -2.31. The van der Waals surface area contributed by atoms with Gasteiger partial charge in [0.15, 0.2) is 0 Å². The Kier molecular flexibility index (Phi) is 9.32. The van der Waals surface area contributed by atoms with Crippen molar-refractivity contribution < 1.29 is 9.59 Å². The van der Waals surface area contributed by atoms with Crippen LogP contribution in [0.2, 0.25) is 0 Å². The molecule has 2 amide bonds. The van der Waals surface area contributed by atoms with Crippen molar-refractivity contribution in [3.63, 3.8) is 0 Å². The highest BCUT2D eigenvalue weighted by Crippen LogP contribution is 2.23. The number of benzene rings is 1. The minimum atomic E-state index is -0.0349. The molecule has 0 bridgehead atoms. The summed E-state index contributed by atoms with van der Waals surface area (Å²) in [6.45, 7) is 8.62. The number of nitrogens with zero attached hydrogens (tertiary/aromatic N) is 1. The van der Waals surface area contributed by atoms with E-state index >= 15 is 0 Å². The molecule has 1 aromatic carbocycles. The van der Waals surface area contributed by atoms with Gasteiger partial charge in [-0.15, -0.1) is 0 Å². The van der Waals surface area contributed by atoms with Crippen molar-refractivity contribution in [2.45, 2.75) is 58.9 Å². The summed E-state index contributed by atoms with van der Waals surface area (Å²) < 4.78 is 0. The average molecular weight is 374 g/mol. The number of carbonyl (C=O) groups is 2. The Morgan fingerprint density at radius 2 is 1.67 bits per heavy atom. The summed E-state index contributed by atoms with van der Waals surface area (Å²) in [6.07, 6.45) is 6.56. The van der Waals surface area contributed by atoms with Gasteiger partial charge in [0.2, 0.25) is 5.91 Å². The quantitative estimate of drug-likeness (QED) is 0.618. The lowest BCUT2D eigenvalue weighted by atomic mass is 9.88. The fourth-order valence-corrected chi connectivity index (χ4v) is 3.62. The first-order valence-electron chi connectivity index (χ1n) is 10.5. The van der Waals surface area contributed by atoms with Gasteiger partial charge in [0, 0.05) is 24.6 Å². The Labute approximate surface area is 163 Å². The van der Waals surface area contributed by atoms with Crippen LogP contribution in [0.5, 0.6) is 0 Å². The van der Waals surface area contributed by atoms with Crippen LogP contribution in [-0.4, -0.2) is 42.9 Å². The molecular weight excluding hydrogens is 338 g/mol. The van der Waals surface area contributed by atoms with E-state index in [2.05, 4.69) is 29.4 Å². The van der Waals surface area contributed by atoms with Crippen LogP contribution < -0.4 is 10.6 Å². The van der Waals surface area contributed by atoms with E-state index in [9.17, 15) is 9.59 Å². The summed E-state index contributed by atoms with van der Waals surface area (Å²) in [5, 5.41) is 6.02. The molecule has 0 aromatic heterocycles. The molecule has 5 nitrogen and oxygen atoms in total. The summed E-state index contributed by atoms with van der Waals surface area (Å²) >= 11 is 0. The van der Waals surface area contributed by atoms with Gasteiger partial charge in [0.25, 0.3) is 5.91 Å². The first kappa shape index (κ1) is 21.4. The summed E-state index contributed by atoms with van der Waals surface area (Å²) in [6, 6.07) is 7.52. The third-order valence-electron chi connectivity index (χ3n) is 5.49. The Balaban J connectivity index is 1.70. The van der Waals surface area contributed by atoms with E-state index in [4.69, 9.17) is 0 Å². The molecule has 0 unspecified atom stereocenters. The van der Waals surface area contributed by atoms with Gasteiger partial charge >= 0.3 is 0 Å². The number of rotatable bonds is 10. The van der Waals surface area contributed by atoms with Crippen LogP contribution in [0.4, 0.5) is 0 Å². The molecule has 0 radical (unpaired) electrons. The topological polar surface area (TPSA) is 61.4 Å². The third kappa shape index (κ3) is 7.33. The van der Waals surface area contributed by atoms with Gasteiger partial charge in [-0.3, -0.25) is 9.59 Å². The van der Waals surface area contributed by atoms with Gasteiger partial charge in [-0.1, -0.05) is 45.2 Å². The second-order valence-electron chi connectivity index (χ2n) is 7.39. The molecule has 0 aliphatic heterocycles. The molecule has 0 saturated heterocycles. The second kappa shape index (κ2) is 11.8. The molecule has 0 atom stereocenters. The molecule has 1 saturated carbocycles. The summed E-state index contributed by atoms with van der Waals surface area (Å²) in [7, 11) is 0. The standard InChI is InChI=1S/C22H35N3O2/c1-3-25(4-2)16-8-15-23-21(26)20-13-11-18(12-14-20)17-24-22(27)19-9-6-5-7-10-19/h11-14,19H,3-10,15-17H2,1-2H3,(H,23,26)(H,24,27). The Bertz CT molecular complexity index is 576. The lowest BCUT2D eigenvalue weighted by molar-refractivity contribution is -0.126. The fourth-order valence-electron chi connectivity index (χ4n) is 3.62. The molecule has 0 spiro atoms. The molecule has 2 rings (SSSR count). The summed E-state index contributed by atoms with van der Waals surface area (Å²) in [5.41, 5.74) is 1.69. The maximum Gasteiger partial charge on any atom is 0.251 e. The van der Waals surface area contributed by atoms with E-state index in [0.717, 1.165) is 57.3 Å². The SMILES string of the molecule is CCN(CC)CCCNC(=O)c1ccc(CNC(=O)C2CCCCC2)cc1. The van der Waals surface area contributed by atoms with Gasteiger partial charge in [0.05, 0.1) is 0 Å². The highest BCUT2D eigenvalue weighted by molar-refractivity contribution is 5.94. The maximum atomic E-state index is 12.2. The molecule has 2 N–H and O–H groups in total. The van der Waals surface area contributed by atoms with Crippen molar-refractivity contribution in [1.29, 1.82) is 0 Å². The maximum absolute atomic E-state index is 12.2. The van der Waals surface area contributed by atoms with Gasteiger partial charge < -0.3 is 15.5 Å². The zero-order valence-electron chi connectivity index (χ0n) is 16.9. The first-order valence-corrected chi connectivity index (χ1v) is 10.5. The molecule has 150 valence electrons. The third-order valence-corrected chi connectivity index (χ3v) is 5.49. The van der Waals surface area contributed by atoms with Gasteiger partial charge in [-0.05, 0) is 56.6 Å². The van der Waals surface area contributed by atoms with E-state index in [0.29, 0.717) is 18.7 Å². The molecule has 1 aliphatic carbocycles. The fraction of sp³-hybridized carbons (Fsp3) is 0.636. The largest absolute Gasteiger partial charge is 0.352 e. The lowest BCUT2D eigenvalue weighted by Gasteiger charge is -2.20. The van der Waals surface area contributed by atoms with Gasteiger partial charge in [-0.2, -0.15) is 0 Å². The number of carbonyl (C=O) groups excluding carboxylic acids is 2. The number of hydrogen-bond acceptors (Lipinski definition) is 3. The van der Waals surface area contributed by atoms with Crippen LogP contribution in [0.15, 0.2) is 24.3 Å². The normalized spacial score (nSPS) is 14.9. The van der Waals surface area contributed by atoms with E-state index in [-0.39, 0.29) is 17.7 Å². The van der Waals surface area contributed by atoms with Crippen LogP contribution >= 0.6 is 0 Å². The second-order valence-corrected chi connectivity index (χ2v) is 7.39. The van der Waals surface area contributed by atoms with Crippen LogP contribution in [-0.2, 0) is 11.3 Å². The van der Waals surface area contributed by atoms with Crippen molar-refractivity contribution in [3.8, 4) is 0 Å². The zero-order valence-corrected chi connectivity index (χ0v) is 16.9. The molecule has 5 heteroatoms. The van der Waals surface area contributed by atoms with E-state index in [1.54, 1.807) is 0 Å². The minimum Gasteiger partial charge on any atom is -0.352 e. The van der Waals surface area contributed by atoms with Crippen LogP contribution in [0, 0.1) is 5.92 Å². The molecule has 1 aromatic rings. The number of hydrogen-bond donors (Lipinski definition) is 2. The van der Waals surface area contributed by atoms with Crippen LogP contribution in [0.1, 0.15) is 68.3 Å². The van der Waals surface area contributed by atoms with Crippen molar-refractivity contribution in [2.75, 3.05) is 26.2 Å². The molecule has 0 heterocycles. The zero-order chi connectivity index (χ0) is 19.5. The van der Waals surface area contributed by atoms with Crippen molar-refractivity contribution in [3.05, 3.63) is 35.4 Å². The number of amides is 2. The van der Waals surface area contributed by atoms with E-state index in [1.165, 1.54) is 6.42 Å². The van der Waals surface area contributed by atoms with Crippen LogP contribution in [0.25, 0.3) is 0 Å². The molecule has 27 heavy (non-hydrogen) atoms. The summed E-state index contributed by atoms with van der Waals surface area (Å²) in [4.78, 5) is 26.8. The van der Waals surface area contributed by atoms with Crippen molar-refractivity contribution in [1.82, 2.24) is 15.5 Å². The summed E-state index contributed by atoms with van der Waals surface area (Å²) in [5.74, 6) is 0.317. The highest BCUT2D eigenvalue weighted by Gasteiger charge is 2.20. The van der Waals surface area contributed by atoms with Gasteiger partial charge in [0.1, 0.15) is 0 Å². The van der Waals surface area contributed by atoms with E-state index in [1.807, 2.05) is 24.3 Å². The van der Waals surface area contributed by atoms with E-state index < -0.39 is 0 Å². The van der Waals surface area contributed by atoms with Crippen molar-refractivity contribution >= 4 is 11.8 Å². The van der Waals surface area contributed by atoms with Gasteiger partial charge in [-0.25, -0.2) is 0 Å². The van der Waals surface area contributed by atoms with Crippen molar-refractivity contribution in [2.24, 2.45) is 5.92 Å². The average Bonchev–Trinajstić information content (AvgIpc) is 2.73. The Morgan fingerprint density at radius 1 is 1.00 bits per heavy atom. The molecule has 1 fully saturated rings. The molecular formula is C22H35N3O2. The minimum absolute atomic E-state index is 0.0349. The monoisotopic (exact) mass is 373 g/mol. The number of nitrogens with one attached hydrogen (secondary N) is 2. The Morgan fingerprint density at radius 3 is 2.30 bits per heavy atom. The highest BCUT2D eigenvalue weighted by atomic mass is 16.2. The van der Waals surface area contributed by atoms with Crippen LogP contribution in [0.3, 0.4) is 0 Å². The first-order chi connectivity index (χ1) is 13.1. The predicted molar refractivity (Wildman–Crippen MR) is 110 cm³/mol. The predicted octanol–water partition coefficient (Wildman–Crippen LogP) is 3.34.